The minimum absolute atomic E-state index is 0.782. The summed E-state index contributed by atoms with van der Waals surface area (Å²) in [6, 6.07) is 1.61. The highest BCUT2D eigenvalue weighted by Gasteiger charge is 2.34. The smallest absolute Gasteiger partial charge is 0.0227 e. The van der Waals surface area contributed by atoms with Gasteiger partial charge < -0.3 is 5.32 Å². The van der Waals surface area contributed by atoms with E-state index in [-0.39, 0.29) is 0 Å². The number of hydrogen-bond acceptors (Lipinski definition) is 2. The Labute approximate surface area is 81.0 Å². The van der Waals surface area contributed by atoms with Gasteiger partial charge in [0.25, 0.3) is 0 Å². The van der Waals surface area contributed by atoms with Gasteiger partial charge in [0.15, 0.2) is 0 Å². The van der Waals surface area contributed by atoms with E-state index in [0.717, 1.165) is 18.6 Å². The standard InChI is InChI=1S/C11H20N2/c1-9(2)8-13-10-3-4-11(13)7-12-6-5-10/h10-12H,1,3-8H2,2H3/t10-,11+/m1/s1. The van der Waals surface area contributed by atoms with Crippen LogP contribution in [0.2, 0.25) is 0 Å². The summed E-state index contributed by atoms with van der Waals surface area (Å²) in [5.41, 5.74) is 1.30. The lowest BCUT2D eigenvalue weighted by Gasteiger charge is -2.27. The van der Waals surface area contributed by atoms with Crippen LogP contribution in [0.5, 0.6) is 0 Å². The highest BCUT2D eigenvalue weighted by atomic mass is 15.2. The van der Waals surface area contributed by atoms with Crippen LogP contribution in [0, 0.1) is 0 Å². The molecule has 0 radical (unpaired) electrons. The van der Waals surface area contributed by atoms with E-state index < -0.39 is 0 Å². The SMILES string of the molecule is C=C(C)CN1[C@H]2CCNC[C@@H]1CC2. The molecule has 2 aliphatic heterocycles. The lowest BCUT2D eigenvalue weighted by molar-refractivity contribution is 0.221. The van der Waals surface area contributed by atoms with Crippen LogP contribution in [0.3, 0.4) is 0 Å². The van der Waals surface area contributed by atoms with E-state index in [1.54, 1.807) is 0 Å². The minimum Gasteiger partial charge on any atom is -0.315 e. The summed E-state index contributed by atoms with van der Waals surface area (Å²) in [4.78, 5) is 2.66. The van der Waals surface area contributed by atoms with Gasteiger partial charge in [0.05, 0.1) is 0 Å². The molecule has 2 saturated heterocycles. The third kappa shape index (κ3) is 1.94. The number of rotatable bonds is 2. The van der Waals surface area contributed by atoms with Gasteiger partial charge in [-0.1, -0.05) is 12.2 Å². The molecule has 2 bridgehead atoms. The van der Waals surface area contributed by atoms with Crippen molar-refractivity contribution in [2.75, 3.05) is 19.6 Å². The lowest BCUT2D eigenvalue weighted by atomic mass is 10.1. The van der Waals surface area contributed by atoms with E-state index in [1.807, 2.05) is 0 Å². The van der Waals surface area contributed by atoms with Crippen LogP contribution in [0.4, 0.5) is 0 Å². The Balaban J connectivity index is 2.03. The Kier molecular flexibility index (Phi) is 2.70. The highest BCUT2D eigenvalue weighted by molar-refractivity contribution is 5.00. The summed E-state index contributed by atoms with van der Waals surface area (Å²) in [5, 5.41) is 3.51. The molecule has 2 atom stereocenters. The monoisotopic (exact) mass is 180 g/mol. The highest BCUT2D eigenvalue weighted by Crippen LogP contribution is 2.28. The van der Waals surface area contributed by atoms with Crippen molar-refractivity contribution in [1.29, 1.82) is 0 Å². The summed E-state index contributed by atoms with van der Waals surface area (Å²) in [5.74, 6) is 0. The Bertz CT molecular complexity index is 186. The number of hydrogen-bond donors (Lipinski definition) is 1. The molecule has 0 saturated carbocycles. The third-order valence-electron chi connectivity index (χ3n) is 3.26. The molecule has 0 amide bonds. The molecule has 13 heavy (non-hydrogen) atoms. The zero-order valence-electron chi connectivity index (χ0n) is 8.55. The quantitative estimate of drug-likeness (QED) is 0.646. The van der Waals surface area contributed by atoms with Crippen LogP contribution < -0.4 is 5.32 Å². The molecule has 2 nitrogen and oxygen atoms in total. The average molecular weight is 180 g/mol. The maximum atomic E-state index is 4.01. The molecule has 2 aliphatic rings. The first-order chi connectivity index (χ1) is 6.27. The predicted molar refractivity (Wildman–Crippen MR) is 55.8 cm³/mol. The Hall–Kier alpha value is -0.340. The molecular formula is C11H20N2. The van der Waals surface area contributed by atoms with Crippen molar-refractivity contribution in [1.82, 2.24) is 10.2 Å². The zero-order valence-corrected chi connectivity index (χ0v) is 8.55. The molecule has 2 fully saturated rings. The maximum absolute atomic E-state index is 4.01. The van der Waals surface area contributed by atoms with Gasteiger partial charge in [0.1, 0.15) is 0 Å². The van der Waals surface area contributed by atoms with Gasteiger partial charge in [-0.2, -0.15) is 0 Å². The first kappa shape index (κ1) is 9.22. The normalized spacial score (nSPS) is 34.5. The van der Waals surface area contributed by atoms with Crippen molar-refractivity contribution < 1.29 is 0 Å². The Morgan fingerprint density at radius 3 is 2.92 bits per heavy atom. The van der Waals surface area contributed by atoms with Gasteiger partial charge >= 0.3 is 0 Å². The molecule has 2 rings (SSSR count). The molecule has 2 heteroatoms. The fourth-order valence-corrected chi connectivity index (χ4v) is 2.65. The van der Waals surface area contributed by atoms with E-state index >= 15 is 0 Å². The largest absolute Gasteiger partial charge is 0.315 e. The fourth-order valence-electron chi connectivity index (χ4n) is 2.65. The van der Waals surface area contributed by atoms with Gasteiger partial charge in [-0.25, -0.2) is 0 Å². The molecule has 2 heterocycles. The molecule has 0 unspecified atom stereocenters. The van der Waals surface area contributed by atoms with Gasteiger partial charge in [-0.3, -0.25) is 4.90 Å². The molecule has 0 spiro atoms. The van der Waals surface area contributed by atoms with Crippen molar-refractivity contribution in [3.8, 4) is 0 Å². The summed E-state index contributed by atoms with van der Waals surface area (Å²) in [7, 11) is 0. The topological polar surface area (TPSA) is 15.3 Å². The van der Waals surface area contributed by atoms with Gasteiger partial charge in [0.2, 0.25) is 0 Å². The van der Waals surface area contributed by atoms with E-state index in [2.05, 4.69) is 23.7 Å². The van der Waals surface area contributed by atoms with Crippen molar-refractivity contribution in [3.05, 3.63) is 12.2 Å². The van der Waals surface area contributed by atoms with E-state index in [4.69, 9.17) is 0 Å². The second kappa shape index (κ2) is 3.81. The first-order valence-corrected chi connectivity index (χ1v) is 5.38. The second-order valence-corrected chi connectivity index (χ2v) is 4.51. The van der Waals surface area contributed by atoms with Gasteiger partial charge in [-0.05, 0) is 32.7 Å². The van der Waals surface area contributed by atoms with Crippen molar-refractivity contribution in [2.45, 2.75) is 38.3 Å². The first-order valence-electron chi connectivity index (χ1n) is 5.38. The number of nitrogens with one attached hydrogen (secondary N) is 1. The van der Waals surface area contributed by atoms with Crippen LogP contribution in [0.15, 0.2) is 12.2 Å². The zero-order chi connectivity index (χ0) is 9.26. The molecular weight excluding hydrogens is 160 g/mol. The summed E-state index contributed by atoms with van der Waals surface area (Å²) < 4.78 is 0. The molecule has 74 valence electrons. The van der Waals surface area contributed by atoms with Crippen molar-refractivity contribution in [3.63, 3.8) is 0 Å². The van der Waals surface area contributed by atoms with Crippen LogP contribution in [-0.4, -0.2) is 36.6 Å². The fraction of sp³-hybridized carbons (Fsp3) is 0.818. The molecule has 0 aromatic rings. The second-order valence-electron chi connectivity index (χ2n) is 4.51. The summed E-state index contributed by atoms with van der Waals surface area (Å²) >= 11 is 0. The Morgan fingerprint density at radius 2 is 2.15 bits per heavy atom. The predicted octanol–water partition coefficient (Wildman–Crippen LogP) is 1.39. The van der Waals surface area contributed by atoms with E-state index in [0.29, 0.717) is 0 Å². The lowest BCUT2D eigenvalue weighted by Crippen LogP contribution is -2.38. The molecule has 1 N–H and O–H groups in total. The Morgan fingerprint density at radius 1 is 1.38 bits per heavy atom. The molecule has 0 aromatic carbocycles. The molecule has 0 aromatic heterocycles. The van der Waals surface area contributed by atoms with Gasteiger partial charge in [-0.15, -0.1) is 0 Å². The van der Waals surface area contributed by atoms with Crippen LogP contribution >= 0.6 is 0 Å². The maximum Gasteiger partial charge on any atom is 0.0227 e. The number of fused-ring (bicyclic) bond motifs is 2. The average Bonchev–Trinajstić information content (AvgIpc) is 2.24. The van der Waals surface area contributed by atoms with Crippen LogP contribution in [0.1, 0.15) is 26.2 Å². The van der Waals surface area contributed by atoms with E-state index in [1.165, 1.54) is 37.9 Å². The van der Waals surface area contributed by atoms with Crippen LogP contribution in [-0.2, 0) is 0 Å². The summed E-state index contributed by atoms with van der Waals surface area (Å²) in [6.45, 7) is 9.65. The summed E-state index contributed by atoms with van der Waals surface area (Å²) in [6.07, 6.45) is 4.11. The van der Waals surface area contributed by atoms with E-state index in [9.17, 15) is 0 Å². The third-order valence-corrected chi connectivity index (χ3v) is 3.26. The molecule has 0 aliphatic carbocycles. The van der Waals surface area contributed by atoms with Gasteiger partial charge in [0, 0.05) is 25.2 Å². The van der Waals surface area contributed by atoms with Crippen LogP contribution in [0.25, 0.3) is 0 Å². The van der Waals surface area contributed by atoms with Crippen molar-refractivity contribution >= 4 is 0 Å². The number of nitrogens with zero attached hydrogens (tertiary/aromatic N) is 1. The minimum atomic E-state index is 0.782. The van der Waals surface area contributed by atoms with Crippen molar-refractivity contribution in [2.24, 2.45) is 0 Å².